The molecule has 8 heteroatoms. The van der Waals surface area contributed by atoms with Crippen molar-refractivity contribution in [2.75, 3.05) is 19.6 Å². The maximum atomic E-state index is 12.7. The highest BCUT2D eigenvalue weighted by Gasteiger charge is 2.29. The van der Waals surface area contributed by atoms with E-state index in [1.807, 2.05) is 0 Å². The van der Waals surface area contributed by atoms with E-state index < -0.39 is 5.97 Å². The van der Waals surface area contributed by atoms with E-state index in [1.165, 1.54) is 11.8 Å². The van der Waals surface area contributed by atoms with Gasteiger partial charge < -0.3 is 19.4 Å². The second-order valence-electron chi connectivity index (χ2n) is 6.12. The van der Waals surface area contributed by atoms with E-state index in [9.17, 15) is 14.4 Å². The highest BCUT2D eigenvalue weighted by molar-refractivity contribution is 5.96. The highest BCUT2D eigenvalue weighted by Crippen LogP contribution is 2.21. The minimum atomic E-state index is -1.03. The summed E-state index contributed by atoms with van der Waals surface area (Å²) in [5, 5.41) is 12.8. The van der Waals surface area contributed by atoms with Crippen molar-refractivity contribution in [3.63, 3.8) is 0 Å². The van der Waals surface area contributed by atoms with Gasteiger partial charge >= 0.3 is 5.97 Å². The standard InChI is InChI=1S/C16H23N3O5/c1-10-15(11(2)24-17-10)16(23)18-7-4-5-13(6-8-18)19(12(3)20)9-14(21)22/h13H,4-9H2,1-3H3,(H,21,22). The largest absolute Gasteiger partial charge is 0.480 e. The zero-order valence-electron chi connectivity index (χ0n) is 14.2. The lowest BCUT2D eigenvalue weighted by molar-refractivity contribution is -0.145. The molecule has 1 aliphatic heterocycles. The number of amides is 2. The highest BCUT2D eigenvalue weighted by atomic mass is 16.5. The number of nitrogens with zero attached hydrogens (tertiary/aromatic N) is 3. The number of hydrogen-bond donors (Lipinski definition) is 1. The number of carboxylic acids is 1. The maximum Gasteiger partial charge on any atom is 0.323 e. The number of likely N-dealkylation sites (tertiary alicyclic amines) is 1. The number of carbonyl (C=O) groups excluding carboxylic acids is 2. The quantitative estimate of drug-likeness (QED) is 0.886. The zero-order valence-corrected chi connectivity index (χ0v) is 14.2. The summed E-state index contributed by atoms with van der Waals surface area (Å²) in [6.45, 7) is 5.54. The molecule has 1 N–H and O–H groups in total. The Balaban J connectivity index is 2.08. The summed E-state index contributed by atoms with van der Waals surface area (Å²) in [7, 11) is 0. The number of rotatable bonds is 4. The average molecular weight is 337 g/mol. The smallest absolute Gasteiger partial charge is 0.323 e. The summed E-state index contributed by atoms with van der Waals surface area (Å²) in [5.41, 5.74) is 1.05. The molecule has 132 valence electrons. The first-order chi connectivity index (χ1) is 11.3. The van der Waals surface area contributed by atoms with Crippen LogP contribution in [0.3, 0.4) is 0 Å². The molecular weight excluding hydrogens is 314 g/mol. The molecule has 1 aromatic rings. The van der Waals surface area contributed by atoms with Crippen LogP contribution in [0.1, 0.15) is 48.0 Å². The first-order valence-corrected chi connectivity index (χ1v) is 8.02. The average Bonchev–Trinajstić information content (AvgIpc) is 2.72. The van der Waals surface area contributed by atoms with E-state index >= 15 is 0 Å². The van der Waals surface area contributed by atoms with Gasteiger partial charge in [0.1, 0.15) is 17.9 Å². The molecule has 1 atom stereocenters. The van der Waals surface area contributed by atoms with Crippen molar-refractivity contribution < 1.29 is 24.0 Å². The molecule has 1 aliphatic rings. The lowest BCUT2D eigenvalue weighted by Gasteiger charge is -2.28. The molecular formula is C16H23N3O5. The van der Waals surface area contributed by atoms with Crippen LogP contribution >= 0.6 is 0 Å². The fourth-order valence-corrected chi connectivity index (χ4v) is 3.18. The molecule has 0 saturated carbocycles. The molecule has 8 nitrogen and oxygen atoms in total. The molecule has 0 spiro atoms. The van der Waals surface area contributed by atoms with Gasteiger partial charge in [-0.15, -0.1) is 0 Å². The Morgan fingerprint density at radius 1 is 1.29 bits per heavy atom. The Labute approximate surface area is 140 Å². The Hall–Kier alpha value is -2.38. The van der Waals surface area contributed by atoms with Crippen LogP contribution in [0.25, 0.3) is 0 Å². The minimum absolute atomic E-state index is 0.125. The number of aryl methyl sites for hydroxylation is 2. The predicted octanol–water partition coefficient (Wildman–Crippen LogP) is 1.22. The third-order valence-electron chi connectivity index (χ3n) is 4.38. The van der Waals surface area contributed by atoms with Gasteiger partial charge in [-0.05, 0) is 33.1 Å². The van der Waals surface area contributed by atoms with Gasteiger partial charge in [-0.25, -0.2) is 0 Å². The molecule has 0 aliphatic carbocycles. The molecule has 0 radical (unpaired) electrons. The molecule has 2 rings (SSSR count). The number of carboxylic acid groups (broad SMARTS) is 1. The van der Waals surface area contributed by atoms with Crippen molar-refractivity contribution in [1.82, 2.24) is 15.0 Å². The molecule has 0 aromatic carbocycles. The molecule has 1 unspecified atom stereocenters. The van der Waals surface area contributed by atoms with Crippen LogP contribution < -0.4 is 0 Å². The third-order valence-corrected chi connectivity index (χ3v) is 4.38. The summed E-state index contributed by atoms with van der Waals surface area (Å²) in [5.74, 6) is -0.917. The number of carbonyl (C=O) groups is 3. The zero-order chi connectivity index (χ0) is 17.9. The second-order valence-corrected chi connectivity index (χ2v) is 6.12. The second kappa shape index (κ2) is 7.46. The van der Waals surface area contributed by atoms with E-state index in [0.29, 0.717) is 49.4 Å². The van der Waals surface area contributed by atoms with Gasteiger partial charge in [-0.2, -0.15) is 0 Å². The molecule has 2 amide bonds. The van der Waals surface area contributed by atoms with Gasteiger partial charge in [-0.3, -0.25) is 14.4 Å². The van der Waals surface area contributed by atoms with Crippen LogP contribution in [0.4, 0.5) is 0 Å². The van der Waals surface area contributed by atoms with Crippen molar-refractivity contribution in [2.45, 2.75) is 46.1 Å². The van der Waals surface area contributed by atoms with E-state index in [-0.39, 0.29) is 24.4 Å². The van der Waals surface area contributed by atoms with Gasteiger partial charge in [-0.1, -0.05) is 5.16 Å². The molecule has 24 heavy (non-hydrogen) atoms. The minimum Gasteiger partial charge on any atom is -0.480 e. The summed E-state index contributed by atoms with van der Waals surface area (Å²) in [6.07, 6.45) is 1.95. The lowest BCUT2D eigenvalue weighted by Crippen LogP contribution is -2.43. The molecule has 1 saturated heterocycles. The third kappa shape index (κ3) is 3.93. The predicted molar refractivity (Wildman–Crippen MR) is 84.5 cm³/mol. The van der Waals surface area contributed by atoms with Crippen molar-refractivity contribution in [1.29, 1.82) is 0 Å². The Morgan fingerprint density at radius 2 is 2.00 bits per heavy atom. The summed E-state index contributed by atoms with van der Waals surface area (Å²) in [4.78, 5) is 38.5. The van der Waals surface area contributed by atoms with Gasteiger partial charge in [0, 0.05) is 26.1 Å². The fraction of sp³-hybridized carbons (Fsp3) is 0.625. The van der Waals surface area contributed by atoms with E-state index in [0.717, 1.165) is 0 Å². The monoisotopic (exact) mass is 337 g/mol. The Kier molecular flexibility index (Phi) is 5.58. The normalized spacial score (nSPS) is 18.1. The van der Waals surface area contributed by atoms with E-state index in [2.05, 4.69) is 5.16 Å². The van der Waals surface area contributed by atoms with Crippen molar-refractivity contribution in [3.8, 4) is 0 Å². The topological polar surface area (TPSA) is 104 Å². The first-order valence-electron chi connectivity index (χ1n) is 8.02. The van der Waals surface area contributed by atoms with Gasteiger partial charge in [0.15, 0.2) is 0 Å². The van der Waals surface area contributed by atoms with Crippen molar-refractivity contribution in [3.05, 3.63) is 17.0 Å². The SMILES string of the molecule is CC(=O)N(CC(=O)O)C1CCCN(C(=O)c2c(C)noc2C)CC1. The molecule has 1 aromatic heterocycles. The molecule has 1 fully saturated rings. The Bertz CT molecular complexity index is 620. The van der Waals surface area contributed by atoms with Crippen molar-refractivity contribution in [2.24, 2.45) is 0 Å². The summed E-state index contributed by atoms with van der Waals surface area (Å²) < 4.78 is 5.06. The summed E-state index contributed by atoms with van der Waals surface area (Å²) >= 11 is 0. The first kappa shape index (κ1) is 18.0. The van der Waals surface area contributed by atoms with Crippen LogP contribution in [0.2, 0.25) is 0 Å². The van der Waals surface area contributed by atoms with Crippen LogP contribution in [0.5, 0.6) is 0 Å². The van der Waals surface area contributed by atoms with Gasteiger partial charge in [0.05, 0.1) is 5.69 Å². The van der Waals surface area contributed by atoms with Crippen LogP contribution in [0.15, 0.2) is 4.52 Å². The van der Waals surface area contributed by atoms with Crippen LogP contribution in [-0.4, -0.2) is 63.5 Å². The maximum absolute atomic E-state index is 12.7. The van der Waals surface area contributed by atoms with E-state index in [4.69, 9.17) is 9.63 Å². The van der Waals surface area contributed by atoms with Gasteiger partial charge in [0.25, 0.3) is 5.91 Å². The Morgan fingerprint density at radius 3 is 2.54 bits per heavy atom. The van der Waals surface area contributed by atoms with Crippen LogP contribution in [-0.2, 0) is 9.59 Å². The molecule has 0 bridgehead atoms. The fourth-order valence-electron chi connectivity index (χ4n) is 3.18. The van der Waals surface area contributed by atoms with E-state index in [1.54, 1.807) is 18.7 Å². The summed E-state index contributed by atoms with van der Waals surface area (Å²) in [6, 6.07) is -0.166. The van der Waals surface area contributed by atoms with Crippen LogP contribution in [0, 0.1) is 13.8 Å². The number of hydrogen-bond acceptors (Lipinski definition) is 5. The van der Waals surface area contributed by atoms with Crippen molar-refractivity contribution >= 4 is 17.8 Å². The number of aromatic nitrogens is 1. The lowest BCUT2D eigenvalue weighted by atomic mass is 10.1. The number of aliphatic carboxylic acids is 1. The molecule has 2 heterocycles. The van der Waals surface area contributed by atoms with Gasteiger partial charge in [0.2, 0.25) is 5.91 Å².